The van der Waals surface area contributed by atoms with E-state index in [1.165, 1.54) is 24.3 Å². The highest BCUT2D eigenvalue weighted by Crippen LogP contribution is 2.28. The lowest BCUT2D eigenvalue weighted by Crippen LogP contribution is -2.31. The number of rotatable bonds is 3. The molecule has 2 aromatic rings. The number of hydrogen-bond donors (Lipinski definition) is 2. The first-order chi connectivity index (χ1) is 8.58. The quantitative estimate of drug-likeness (QED) is 0.853. The Morgan fingerprint density at radius 2 is 1.83 bits per heavy atom. The van der Waals surface area contributed by atoms with Crippen LogP contribution in [0.3, 0.4) is 0 Å². The molecule has 0 aliphatic heterocycles. The van der Waals surface area contributed by atoms with Crippen LogP contribution in [-0.2, 0) is 0 Å². The molecule has 0 unspecified atom stereocenters. The van der Waals surface area contributed by atoms with E-state index < -0.39 is 12.9 Å². The highest BCUT2D eigenvalue weighted by Gasteiger charge is 2.19. The summed E-state index contributed by atoms with van der Waals surface area (Å²) in [6, 6.07) is 10.5. The topological polar surface area (TPSA) is 49.7 Å². The third-order valence-corrected chi connectivity index (χ3v) is 2.92. The van der Waals surface area contributed by atoms with Crippen LogP contribution in [0.15, 0.2) is 46.9 Å². The van der Waals surface area contributed by atoms with E-state index in [4.69, 9.17) is 4.74 Å². The molecule has 0 spiro atoms. The molecule has 3 nitrogen and oxygen atoms in total. The highest BCUT2D eigenvalue weighted by molar-refractivity contribution is 9.10. The van der Waals surface area contributed by atoms with Gasteiger partial charge in [0, 0.05) is 11.5 Å². The van der Waals surface area contributed by atoms with Gasteiger partial charge in [-0.2, -0.15) is 0 Å². The van der Waals surface area contributed by atoms with Gasteiger partial charge in [0.25, 0.3) is 0 Å². The van der Waals surface area contributed by atoms with Crippen LogP contribution < -0.4 is 10.2 Å². The Balaban J connectivity index is 2.39. The molecule has 2 aromatic carbocycles. The maximum atomic E-state index is 13.0. The first-order valence-electron chi connectivity index (χ1n) is 5.16. The van der Waals surface area contributed by atoms with Crippen LogP contribution in [0.5, 0.6) is 11.5 Å². The van der Waals surface area contributed by atoms with Gasteiger partial charge in [-0.3, -0.25) is 0 Å². The largest absolute Gasteiger partial charge is 0.492 e. The van der Waals surface area contributed by atoms with Crippen molar-refractivity contribution in [3.8, 4) is 11.5 Å². The van der Waals surface area contributed by atoms with Gasteiger partial charge in [0.05, 0.1) is 4.47 Å². The second-order valence-electron chi connectivity index (χ2n) is 3.59. The zero-order valence-corrected chi connectivity index (χ0v) is 10.8. The van der Waals surface area contributed by atoms with Crippen molar-refractivity contribution in [1.82, 2.24) is 0 Å². The van der Waals surface area contributed by atoms with Gasteiger partial charge in [0.1, 0.15) is 17.3 Å². The van der Waals surface area contributed by atoms with Crippen LogP contribution in [0, 0.1) is 5.82 Å². The molecule has 92 valence electrons. The normalized spacial score (nSPS) is 10.2. The molecule has 0 heterocycles. The van der Waals surface area contributed by atoms with E-state index >= 15 is 0 Å². The van der Waals surface area contributed by atoms with E-state index in [0.717, 1.165) is 0 Å². The van der Waals surface area contributed by atoms with E-state index in [1.807, 2.05) is 0 Å². The minimum absolute atomic E-state index is 0.202. The third-order valence-electron chi connectivity index (χ3n) is 2.29. The lowest BCUT2D eigenvalue weighted by Gasteiger charge is -2.12. The van der Waals surface area contributed by atoms with Crippen molar-refractivity contribution in [3.63, 3.8) is 0 Å². The third kappa shape index (κ3) is 2.90. The lowest BCUT2D eigenvalue weighted by molar-refractivity contribution is 0.420. The van der Waals surface area contributed by atoms with Crippen LogP contribution in [-0.4, -0.2) is 17.2 Å². The molecule has 2 N–H and O–H groups in total. The standard InChI is InChI=1S/C12H9BBrFO3/c14-11-6-2-5-10(13(16)17)12(11)18-9-4-1-3-8(15)7-9/h1-7,16-17H. The predicted molar refractivity (Wildman–Crippen MR) is 70.4 cm³/mol. The second-order valence-corrected chi connectivity index (χ2v) is 4.45. The Morgan fingerprint density at radius 1 is 1.11 bits per heavy atom. The molecule has 0 atom stereocenters. The van der Waals surface area contributed by atoms with Gasteiger partial charge in [-0.25, -0.2) is 4.39 Å². The van der Waals surface area contributed by atoms with Crippen LogP contribution in [0.25, 0.3) is 0 Å². The zero-order valence-electron chi connectivity index (χ0n) is 9.18. The predicted octanol–water partition coefficient (Wildman–Crippen LogP) is 2.06. The molecule has 6 heteroatoms. The first-order valence-corrected chi connectivity index (χ1v) is 5.95. The van der Waals surface area contributed by atoms with E-state index in [2.05, 4.69) is 15.9 Å². The van der Waals surface area contributed by atoms with Crippen LogP contribution >= 0.6 is 15.9 Å². The summed E-state index contributed by atoms with van der Waals surface area (Å²) >= 11 is 3.25. The Kier molecular flexibility index (Phi) is 4.01. The Bertz CT molecular complexity index is 563. The summed E-state index contributed by atoms with van der Waals surface area (Å²) in [4.78, 5) is 0. The Labute approximate surface area is 112 Å². The van der Waals surface area contributed by atoms with Gasteiger partial charge in [-0.05, 0) is 34.1 Å². The van der Waals surface area contributed by atoms with Crippen molar-refractivity contribution in [2.75, 3.05) is 0 Å². The number of halogens is 2. The minimum Gasteiger partial charge on any atom is -0.456 e. The van der Waals surface area contributed by atoms with Crippen LogP contribution in [0.2, 0.25) is 0 Å². The van der Waals surface area contributed by atoms with E-state index in [-0.39, 0.29) is 17.0 Å². The van der Waals surface area contributed by atoms with Crippen molar-refractivity contribution < 1.29 is 19.2 Å². The number of hydrogen-bond acceptors (Lipinski definition) is 3. The van der Waals surface area contributed by atoms with E-state index in [1.54, 1.807) is 18.2 Å². The molecule has 18 heavy (non-hydrogen) atoms. The van der Waals surface area contributed by atoms with Crippen molar-refractivity contribution in [3.05, 3.63) is 52.8 Å². The van der Waals surface area contributed by atoms with Gasteiger partial charge < -0.3 is 14.8 Å². The second kappa shape index (κ2) is 5.52. The molecule has 0 radical (unpaired) electrons. The summed E-state index contributed by atoms with van der Waals surface area (Å²) in [6.45, 7) is 0. The SMILES string of the molecule is OB(O)c1cccc(Br)c1Oc1cccc(F)c1. The number of para-hydroxylation sites is 1. The summed E-state index contributed by atoms with van der Waals surface area (Å²) in [5.41, 5.74) is 0.202. The smallest absolute Gasteiger partial charge is 0.456 e. The molecule has 0 fully saturated rings. The van der Waals surface area contributed by atoms with Crippen molar-refractivity contribution in [2.24, 2.45) is 0 Å². The molecular weight excluding hydrogens is 302 g/mol. The van der Waals surface area contributed by atoms with Gasteiger partial charge >= 0.3 is 7.12 Å². The van der Waals surface area contributed by atoms with Gasteiger partial charge in [-0.15, -0.1) is 0 Å². The van der Waals surface area contributed by atoms with Crippen molar-refractivity contribution in [1.29, 1.82) is 0 Å². The van der Waals surface area contributed by atoms with Crippen LogP contribution in [0.4, 0.5) is 4.39 Å². The first kappa shape index (κ1) is 13.1. The molecule has 2 rings (SSSR count). The molecule has 0 bridgehead atoms. The Morgan fingerprint density at radius 3 is 2.50 bits per heavy atom. The van der Waals surface area contributed by atoms with E-state index in [0.29, 0.717) is 4.47 Å². The molecule has 0 aliphatic carbocycles. The summed E-state index contributed by atoms with van der Waals surface area (Å²) in [5.74, 6) is 0.104. The molecule has 0 saturated heterocycles. The van der Waals surface area contributed by atoms with Gasteiger partial charge in [0.2, 0.25) is 0 Å². The maximum absolute atomic E-state index is 13.0. The molecular formula is C12H9BBrFO3. The fourth-order valence-electron chi connectivity index (χ4n) is 1.48. The fourth-order valence-corrected chi connectivity index (χ4v) is 1.95. The summed E-state index contributed by atoms with van der Waals surface area (Å²) in [6.07, 6.45) is 0. The monoisotopic (exact) mass is 310 g/mol. The minimum atomic E-state index is -1.66. The van der Waals surface area contributed by atoms with E-state index in [9.17, 15) is 14.4 Å². The summed E-state index contributed by atoms with van der Waals surface area (Å²) < 4.78 is 19.1. The lowest BCUT2D eigenvalue weighted by atomic mass is 9.79. The molecule has 0 aromatic heterocycles. The fraction of sp³-hybridized carbons (Fsp3) is 0. The van der Waals surface area contributed by atoms with Gasteiger partial charge in [0.15, 0.2) is 0 Å². The molecule has 0 saturated carbocycles. The summed E-state index contributed by atoms with van der Waals surface area (Å²) in [7, 11) is -1.66. The van der Waals surface area contributed by atoms with Crippen molar-refractivity contribution in [2.45, 2.75) is 0 Å². The van der Waals surface area contributed by atoms with Crippen molar-refractivity contribution >= 4 is 28.5 Å². The number of ether oxygens (including phenoxy) is 1. The maximum Gasteiger partial charge on any atom is 0.492 e. The van der Waals surface area contributed by atoms with Crippen LogP contribution in [0.1, 0.15) is 0 Å². The average Bonchev–Trinajstić information content (AvgIpc) is 2.31. The highest BCUT2D eigenvalue weighted by atomic mass is 79.9. The molecule has 0 aliphatic rings. The number of benzene rings is 2. The molecule has 0 amide bonds. The zero-order chi connectivity index (χ0) is 13.1. The van der Waals surface area contributed by atoms with Gasteiger partial charge in [-0.1, -0.05) is 18.2 Å². The Hall–Kier alpha value is -1.37. The summed E-state index contributed by atoms with van der Waals surface area (Å²) in [5, 5.41) is 18.5. The average molecular weight is 311 g/mol.